The largest absolute Gasteiger partial charge is 0.472 e. The summed E-state index contributed by atoms with van der Waals surface area (Å²) in [6, 6.07) is 0.678. The van der Waals surface area contributed by atoms with E-state index < -0.39 is 11.6 Å². The van der Waals surface area contributed by atoms with E-state index in [1.165, 1.54) is 0 Å². The molecule has 0 radical (unpaired) electrons. The van der Waals surface area contributed by atoms with Crippen LogP contribution in [-0.2, 0) is 4.74 Å². The topological polar surface area (TPSA) is 57.4 Å². The van der Waals surface area contributed by atoms with Crippen LogP contribution in [0.4, 0.5) is 14.6 Å². The lowest BCUT2D eigenvalue weighted by molar-refractivity contribution is 0.0220. The van der Waals surface area contributed by atoms with Crippen LogP contribution >= 0.6 is 0 Å². The van der Waals surface area contributed by atoms with E-state index in [-0.39, 0.29) is 17.8 Å². The summed E-state index contributed by atoms with van der Waals surface area (Å²) < 4.78 is 36.5. The Hall–Kier alpha value is -1.43. The second-order valence-corrected chi connectivity index (χ2v) is 3.57. The smallest absolute Gasteiger partial charge is 0.252 e. The highest BCUT2D eigenvalue weighted by Crippen LogP contribution is 2.22. The zero-order valence-electron chi connectivity index (χ0n) is 8.58. The molecule has 0 aromatic carbocycles. The number of anilines is 1. The highest BCUT2D eigenvalue weighted by molar-refractivity contribution is 5.34. The quantitative estimate of drug-likeness (QED) is 0.836. The number of pyridine rings is 1. The molecule has 0 spiro atoms. The van der Waals surface area contributed by atoms with Crippen molar-refractivity contribution in [1.29, 1.82) is 0 Å². The van der Waals surface area contributed by atoms with Crippen molar-refractivity contribution in [1.82, 2.24) is 4.98 Å². The average molecular weight is 230 g/mol. The van der Waals surface area contributed by atoms with Crippen LogP contribution in [0.15, 0.2) is 6.07 Å². The summed E-state index contributed by atoms with van der Waals surface area (Å²) in [4.78, 5) is 3.53. The van der Waals surface area contributed by atoms with Gasteiger partial charge in [-0.25, -0.2) is 8.78 Å². The third-order valence-corrected chi connectivity index (χ3v) is 2.37. The van der Waals surface area contributed by atoms with Gasteiger partial charge in [0.1, 0.15) is 6.10 Å². The van der Waals surface area contributed by atoms with Crippen molar-refractivity contribution in [3.8, 4) is 5.88 Å². The molecule has 16 heavy (non-hydrogen) atoms. The van der Waals surface area contributed by atoms with Crippen LogP contribution in [0.2, 0.25) is 0 Å². The number of halogens is 2. The molecule has 1 aliphatic heterocycles. The lowest BCUT2D eigenvalue weighted by Crippen LogP contribution is -2.26. The number of ether oxygens (including phenoxy) is 2. The minimum absolute atomic E-state index is 0.152. The van der Waals surface area contributed by atoms with Crippen LogP contribution < -0.4 is 10.5 Å². The van der Waals surface area contributed by atoms with E-state index >= 15 is 0 Å². The van der Waals surface area contributed by atoms with Crippen molar-refractivity contribution in [3.63, 3.8) is 0 Å². The first-order chi connectivity index (χ1) is 7.66. The minimum Gasteiger partial charge on any atom is -0.472 e. The zero-order valence-corrected chi connectivity index (χ0v) is 8.58. The van der Waals surface area contributed by atoms with Crippen LogP contribution in [-0.4, -0.2) is 24.3 Å². The summed E-state index contributed by atoms with van der Waals surface area (Å²) in [6.07, 6.45) is 1.18. The van der Waals surface area contributed by atoms with Gasteiger partial charge in [-0.1, -0.05) is 0 Å². The van der Waals surface area contributed by atoms with Gasteiger partial charge >= 0.3 is 0 Å². The number of rotatable bonds is 2. The molecular weight excluding hydrogens is 218 g/mol. The second-order valence-electron chi connectivity index (χ2n) is 3.57. The lowest BCUT2D eigenvalue weighted by atomic mass is 10.1. The maximum atomic E-state index is 13.3. The van der Waals surface area contributed by atoms with E-state index in [2.05, 4.69) is 4.98 Å². The number of nitrogens with zero attached hydrogens (tertiary/aromatic N) is 1. The van der Waals surface area contributed by atoms with E-state index in [9.17, 15) is 8.78 Å². The third kappa shape index (κ3) is 2.38. The van der Waals surface area contributed by atoms with Gasteiger partial charge in [-0.2, -0.15) is 4.98 Å². The molecule has 0 unspecified atom stereocenters. The van der Waals surface area contributed by atoms with Crippen molar-refractivity contribution in [2.75, 3.05) is 18.9 Å². The van der Waals surface area contributed by atoms with E-state index in [1.54, 1.807) is 0 Å². The first-order valence-corrected chi connectivity index (χ1v) is 5.02. The fraction of sp³-hybridized carbons (Fsp3) is 0.500. The lowest BCUT2D eigenvalue weighted by Gasteiger charge is -2.22. The maximum absolute atomic E-state index is 13.3. The molecule has 6 heteroatoms. The van der Waals surface area contributed by atoms with Crippen molar-refractivity contribution in [2.45, 2.75) is 18.9 Å². The minimum atomic E-state index is -0.878. The molecule has 1 aromatic rings. The Morgan fingerprint density at radius 3 is 2.69 bits per heavy atom. The number of nitrogen functional groups attached to an aromatic ring is 1. The molecule has 2 N–H and O–H groups in total. The predicted octanol–water partition coefficient (Wildman–Crippen LogP) is 1.50. The first-order valence-electron chi connectivity index (χ1n) is 5.02. The summed E-state index contributed by atoms with van der Waals surface area (Å²) >= 11 is 0. The van der Waals surface area contributed by atoms with Gasteiger partial charge in [-0.3, -0.25) is 0 Å². The summed E-state index contributed by atoms with van der Waals surface area (Å²) in [5.74, 6) is -2.32. The summed E-state index contributed by atoms with van der Waals surface area (Å²) in [7, 11) is 0. The van der Waals surface area contributed by atoms with Gasteiger partial charge in [0.2, 0.25) is 0 Å². The highest BCUT2D eigenvalue weighted by Gasteiger charge is 2.19. The van der Waals surface area contributed by atoms with E-state index in [0.29, 0.717) is 32.1 Å². The second kappa shape index (κ2) is 4.61. The van der Waals surface area contributed by atoms with Crippen molar-refractivity contribution in [2.24, 2.45) is 0 Å². The van der Waals surface area contributed by atoms with Gasteiger partial charge in [-0.05, 0) is 0 Å². The van der Waals surface area contributed by atoms with Gasteiger partial charge in [0.15, 0.2) is 17.5 Å². The molecule has 2 heterocycles. The number of nitrogens with two attached hydrogens (primary N) is 1. The Kier molecular flexibility index (Phi) is 3.19. The Bertz CT molecular complexity index is 381. The molecule has 4 nitrogen and oxygen atoms in total. The Labute approximate surface area is 91.4 Å². The molecule has 88 valence electrons. The van der Waals surface area contributed by atoms with Gasteiger partial charge in [-0.15, -0.1) is 0 Å². The predicted molar refractivity (Wildman–Crippen MR) is 53.0 cm³/mol. The normalized spacial score (nSPS) is 17.4. The fourth-order valence-electron chi connectivity index (χ4n) is 1.50. The van der Waals surface area contributed by atoms with Crippen LogP contribution in [0.25, 0.3) is 0 Å². The molecule has 0 aliphatic carbocycles. The van der Waals surface area contributed by atoms with Crippen molar-refractivity contribution < 1.29 is 18.3 Å². The van der Waals surface area contributed by atoms with E-state index in [1.807, 2.05) is 0 Å². The van der Waals surface area contributed by atoms with Crippen LogP contribution in [0.5, 0.6) is 5.88 Å². The van der Waals surface area contributed by atoms with Crippen LogP contribution in [0, 0.1) is 11.6 Å². The van der Waals surface area contributed by atoms with Gasteiger partial charge in [0.05, 0.1) is 13.2 Å². The molecule has 0 bridgehead atoms. The molecule has 1 aliphatic rings. The molecule has 1 aromatic heterocycles. The summed E-state index contributed by atoms with van der Waals surface area (Å²) in [5, 5.41) is 0. The SMILES string of the molecule is Nc1nc(OC2CCOCC2)c(F)cc1F. The van der Waals surface area contributed by atoms with E-state index in [4.69, 9.17) is 15.2 Å². The molecule has 0 amide bonds. The van der Waals surface area contributed by atoms with Gasteiger partial charge < -0.3 is 15.2 Å². The highest BCUT2D eigenvalue weighted by atomic mass is 19.1. The monoisotopic (exact) mass is 230 g/mol. The maximum Gasteiger partial charge on any atom is 0.252 e. The molecule has 2 rings (SSSR count). The van der Waals surface area contributed by atoms with Crippen LogP contribution in [0.1, 0.15) is 12.8 Å². The molecule has 1 fully saturated rings. The zero-order chi connectivity index (χ0) is 11.5. The molecule has 1 saturated heterocycles. The Morgan fingerprint density at radius 1 is 1.31 bits per heavy atom. The molecule has 0 saturated carbocycles. The molecule has 0 atom stereocenters. The van der Waals surface area contributed by atoms with Crippen molar-refractivity contribution >= 4 is 5.82 Å². The number of hydrogen-bond acceptors (Lipinski definition) is 4. The fourth-order valence-corrected chi connectivity index (χ4v) is 1.50. The van der Waals surface area contributed by atoms with Gasteiger partial charge in [0, 0.05) is 18.9 Å². The summed E-state index contributed by atoms with van der Waals surface area (Å²) in [6.45, 7) is 1.14. The van der Waals surface area contributed by atoms with Crippen molar-refractivity contribution in [3.05, 3.63) is 17.7 Å². The summed E-state index contributed by atoms with van der Waals surface area (Å²) in [5.41, 5.74) is 5.24. The number of aromatic nitrogens is 1. The third-order valence-electron chi connectivity index (χ3n) is 2.37. The Morgan fingerprint density at radius 2 is 2.00 bits per heavy atom. The first kappa shape index (κ1) is 11.1. The molecular formula is C10H12F2N2O2. The Balaban J connectivity index is 2.11. The number of hydrogen-bond donors (Lipinski definition) is 1. The van der Waals surface area contributed by atoms with Crippen LogP contribution in [0.3, 0.4) is 0 Å². The van der Waals surface area contributed by atoms with Gasteiger partial charge in [0.25, 0.3) is 5.88 Å². The van der Waals surface area contributed by atoms with E-state index in [0.717, 1.165) is 0 Å². The standard InChI is InChI=1S/C10H12F2N2O2/c11-7-5-8(12)10(14-9(7)13)16-6-1-3-15-4-2-6/h5-6H,1-4H2,(H2,13,14). The average Bonchev–Trinajstić information content (AvgIpc) is 2.27.